The van der Waals surface area contributed by atoms with E-state index in [0.717, 1.165) is 5.56 Å². The summed E-state index contributed by atoms with van der Waals surface area (Å²) < 4.78 is 7.42. The molecule has 0 saturated carbocycles. The Morgan fingerprint density at radius 2 is 1.72 bits per heavy atom. The predicted molar refractivity (Wildman–Crippen MR) is 127 cm³/mol. The van der Waals surface area contributed by atoms with Crippen LogP contribution in [0.15, 0.2) is 85.5 Å². The minimum absolute atomic E-state index is 0.145. The Labute approximate surface area is 196 Å². The van der Waals surface area contributed by atoms with Gasteiger partial charge in [0.25, 0.3) is 0 Å². The van der Waals surface area contributed by atoms with E-state index in [-0.39, 0.29) is 6.54 Å². The molecule has 0 saturated heterocycles. The first-order valence-electron chi connectivity index (χ1n) is 9.95. The van der Waals surface area contributed by atoms with Gasteiger partial charge in [0.2, 0.25) is 0 Å². The van der Waals surface area contributed by atoms with Crippen molar-refractivity contribution in [2.75, 3.05) is 0 Å². The van der Waals surface area contributed by atoms with Crippen molar-refractivity contribution in [3.63, 3.8) is 0 Å². The molecule has 0 aliphatic heterocycles. The van der Waals surface area contributed by atoms with Crippen LogP contribution in [0.2, 0.25) is 10.0 Å². The van der Waals surface area contributed by atoms with Crippen molar-refractivity contribution in [1.29, 1.82) is 0 Å². The Morgan fingerprint density at radius 1 is 1.00 bits per heavy atom. The highest BCUT2D eigenvalue weighted by Crippen LogP contribution is 2.35. The molecule has 1 aromatic heterocycles. The monoisotopic (exact) mass is 465 g/mol. The summed E-state index contributed by atoms with van der Waals surface area (Å²) in [6.45, 7) is 2.18. The summed E-state index contributed by atoms with van der Waals surface area (Å²) in [5, 5.41) is 16.8. The maximum atomic E-state index is 11.6. The molecule has 1 unspecified atom stereocenters. The fourth-order valence-corrected chi connectivity index (χ4v) is 3.71. The van der Waals surface area contributed by atoms with Crippen LogP contribution in [-0.2, 0) is 12.1 Å². The number of hydrogen-bond donors (Lipinski definition) is 1. The molecule has 0 spiro atoms. The van der Waals surface area contributed by atoms with Crippen LogP contribution < -0.4 is 4.74 Å². The largest absolute Gasteiger partial charge is 0.457 e. The lowest BCUT2D eigenvalue weighted by atomic mass is 9.92. The minimum Gasteiger partial charge on any atom is -0.457 e. The van der Waals surface area contributed by atoms with E-state index in [9.17, 15) is 5.11 Å². The Balaban J connectivity index is 1.65. The molecule has 4 aromatic rings. The standard InChI is InChI=1S/C25H21Cl2N3O2/c1-18-2-4-19(5-3-18)12-13-25(31,15-30-17-28-16-29-30)23-11-10-22(14-24(23)27)32-21-8-6-20(26)7-9-21/h2-14,16-17,31H,15H2,1H3/b13-12+. The molecule has 0 aliphatic rings. The third kappa shape index (κ3) is 5.37. The summed E-state index contributed by atoms with van der Waals surface area (Å²) in [6, 6.07) is 20.3. The van der Waals surface area contributed by atoms with E-state index in [2.05, 4.69) is 10.1 Å². The number of nitrogens with zero attached hydrogens (tertiary/aromatic N) is 3. The molecule has 7 heteroatoms. The third-order valence-electron chi connectivity index (χ3n) is 4.95. The number of aromatic nitrogens is 3. The van der Waals surface area contributed by atoms with E-state index in [1.807, 2.05) is 37.3 Å². The SMILES string of the molecule is Cc1ccc(/C=C/C(O)(Cn2cncn2)c2ccc(Oc3ccc(Cl)cc3)cc2Cl)cc1. The second-order valence-corrected chi connectivity index (χ2v) is 8.30. The highest BCUT2D eigenvalue weighted by Gasteiger charge is 2.30. The van der Waals surface area contributed by atoms with Gasteiger partial charge in [0.15, 0.2) is 0 Å². The zero-order chi connectivity index (χ0) is 22.6. The van der Waals surface area contributed by atoms with Crippen molar-refractivity contribution < 1.29 is 9.84 Å². The molecule has 0 radical (unpaired) electrons. The Kier molecular flexibility index (Phi) is 6.61. The second kappa shape index (κ2) is 9.57. The highest BCUT2D eigenvalue weighted by atomic mass is 35.5. The van der Waals surface area contributed by atoms with Crippen LogP contribution >= 0.6 is 23.2 Å². The van der Waals surface area contributed by atoms with Crippen molar-refractivity contribution in [2.45, 2.75) is 19.1 Å². The summed E-state index contributed by atoms with van der Waals surface area (Å²) in [5.41, 5.74) is 1.24. The fraction of sp³-hybridized carbons (Fsp3) is 0.120. The summed E-state index contributed by atoms with van der Waals surface area (Å²) in [6.07, 6.45) is 6.57. The van der Waals surface area contributed by atoms with Gasteiger partial charge in [-0.1, -0.05) is 65.2 Å². The lowest BCUT2D eigenvalue weighted by Gasteiger charge is -2.26. The van der Waals surface area contributed by atoms with E-state index in [0.29, 0.717) is 27.1 Å². The molecule has 0 bridgehead atoms. The molecule has 5 nitrogen and oxygen atoms in total. The van der Waals surface area contributed by atoms with Gasteiger partial charge >= 0.3 is 0 Å². The number of halogens is 2. The van der Waals surface area contributed by atoms with Crippen LogP contribution in [0.5, 0.6) is 11.5 Å². The molecule has 3 aromatic carbocycles. The molecule has 1 heterocycles. The lowest BCUT2D eigenvalue weighted by molar-refractivity contribution is 0.0664. The minimum atomic E-state index is -1.42. The summed E-state index contributed by atoms with van der Waals surface area (Å²) in [4.78, 5) is 3.97. The molecule has 0 aliphatic carbocycles. The van der Waals surface area contributed by atoms with Gasteiger partial charge in [-0.05, 0) is 55.0 Å². The Morgan fingerprint density at radius 3 is 2.38 bits per heavy atom. The first kappa shape index (κ1) is 22.1. The van der Waals surface area contributed by atoms with Gasteiger partial charge in [0.05, 0.1) is 11.6 Å². The highest BCUT2D eigenvalue weighted by molar-refractivity contribution is 6.31. The van der Waals surface area contributed by atoms with Crippen LogP contribution in [0.1, 0.15) is 16.7 Å². The first-order chi connectivity index (χ1) is 15.4. The average Bonchev–Trinajstić information content (AvgIpc) is 3.28. The maximum Gasteiger partial charge on any atom is 0.137 e. The van der Waals surface area contributed by atoms with Crippen molar-refractivity contribution in [1.82, 2.24) is 14.8 Å². The van der Waals surface area contributed by atoms with Crippen LogP contribution in [0, 0.1) is 6.92 Å². The summed E-state index contributed by atoms with van der Waals surface area (Å²) >= 11 is 12.5. The summed E-state index contributed by atoms with van der Waals surface area (Å²) in [7, 11) is 0. The van der Waals surface area contributed by atoms with Crippen LogP contribution in [0.4, 0.5) is 0 Å². The van der Waals surface area contributed by atoms with Gasteiger partial charge in [-0.3, -0.25) is 0 Å². The lowest BCUT2D eigenvalue weighted by Crippen LogP contribution is -2.30. The van der Waals surface area contributed by atoms with Crippen LogP contribution in [-0.4, -0.2) is 19.9 Å². The topological polar surface area (TPSA) is 60.2 Å². The molecule has 162 valence electrons. The zero-order valence-electron chi connectivity index (χ0n) is 17.3. The maximum absolute atomic E-state index is 11.6. The van der Waals surface area contributed by atoms with Crippen molar-refractivity contribution in [3.05, 3.63) is 112 Å². The number of aliphatic hydroxyl groups is 1. The Hall–Kier alpha value is -3.12. The van der Waals surface area contributed by atoms with Gasteiger partial charge in [0.1, 0.15) is 29.8 Å². The molecule has 4 rings (SSSR count). The van der Waals surface area contributed by atoms with Crippen molar-refractivity contribution in [3.8, 4) is 11.5 Å². The Bertz CT molecular complexity index is 1210. The van der Waals surface area contributed by atoms with E-state index in [4.69, 9.17) is 27.9 Å². The van der Waals surface area contributed by atoms with Gasteiger partial charge in [-0.25, -0.2) is 9.67 Å². The van der Waals surface area contributed by atoms with E-state index in [1.165, 1.54) is 11.9 Å². The fourth-order valence-electron chi connectivity index (χ4n) is 3.25. The molecular weight excluding hydrogens is 445 g/mol. The number of hydrogen-bond acceptors (Lipinski definition) is 4. The molecule has 0 amide bonds. The molecular formula is C25H21Cl2N3O2. The quantitative estimate of drug-likeness (QED) is 0.348. The van der Waals surface area contributed by atoms with Gasteiger partial charge in [0, 0.05) is 10.6 Å². The average molecular weight is 466 g/mol. The number of aryl methyl sites for hydroxylation is 1. The second-order valence-electron chi connectivity index (χ2n) is 7.46. The molecule has 32 heavy (non-hydrogen) atoms. The van der Waals surface area contributed by atoms with E-state index in [1.54, 1.807) is 59.5 Å². The first-order valence-corrected chi connectivity index (χ1v) is 10.7. The normalized spacial score (nSPS) is 13.2. The molecule has 1 atom stereocenters. The van der Waals surface area contributed by atoms with Crippen LogP contribution in [0.3, 0.4) is 0 Å². The van der Waals surface area contributed by atoms with Crippen LogP contribution in [0.25, 0.3) is 6.08 Å². The number of ether oxygens (including phenoxy) is 1. The van der Waals surface area contributed by atoms with Gasteiger partial charge < -0.3 is 9.84 Å². The number of rotatable bonds is 7. The zero-order valence-corrected chi connectivity index (χ0v) is 18.8. The smallest absolute Gasteiger partial charge is 0.137 e. The van der Waals surface area contributed by atoms with Crippen molar-refractivity contribution in [2.24, 2.45) is 0 Å². The predicted octanol–water partition coefficient (Wildman–Crippen LogP) is 6.29. The molecule has 1 N–H and O–H groups in total. The molecule has 0 fully saturated rings. The van der Waals surface area contributed by atoms with E-state index >= 15 is 0 Å². The van der Waals surface area contributed by atoms with Gasteiger partial charge in [-0.2, -0.15) is 5.10 Å². The van der Waals surface area contributed by atoms with Crippen molar-refractivity contribution >= 4 is 29.3 Å². The third-order valence-corrected chi connectivity index (χ3v) is 5.52. The van der Waals surface area contributed by atoms with E-state index < -0.39 is 5.60 Å². The number of benzene rings is 3. The summed E-state index contributed by atoms with van der Waals surface area (Å²) in [5.74, 6) is 1.18. The van der Waals surface area contributed by atoms with Gasteiger partial charge in [-0.15, -0.1) is 0 Å².